The van der Waals surface area contributed by atoms with Gasteiger partial charge >= 0.3 is 23.0 Å². The highest BCUT2D eigenvalue weighted by Gasteiger charge is 2.40. The Labute approximate surface area is 166 Å². The quantitative estimate of drug-likeness (QED) is 0.169. The second-order valence-corrected chi connectivity index (χ2v) is 11.5. The number of nitrogens with one attached hydrogen (secondary N) is 2. The number of rotatable bonds is 9. The highest BCUT2D eigenvalue weighted by molar-refractivity contribution is 7.73. The van der Waals surface area contributed by atoms with Crippen LogP contribution in [0.3, 0.4) is 0 Å². The van der Waals surface area contributed by atoms with E-state index >= 15 is 0 Å². The average molecular weight is 493 g/mol. The number of hydrogen-bond acceptors (Lipinski definition) is 12. The third-order valence-corrected chi connectivity index (χ3v) is 8.54. The normalized spacial score (nSPS) is 20.1. The number of nitrogens with zero attached hydrogens (tertiary/aromatic N) is 2. The van der Waals surface area contributed by atoms with E-state index in [1.165, 1.54) is 0 Å². The molecule has 0 aromatic carbocycles. The monoisotopic (exact) mass is 493 g/mol. The number of aromatic amines is 1. The Balaban J connectivity index is 2.04. The van der Waals surface area contributed by atoms with Crippen LogP contribution in [0.1, 0.15) is 0 Å². The van der Waals surface area contributed by atoms with Crippen LogP contribution in [0.4, 0.5) is 17.5 Å². The predicted molar refractivity (Wildman–Crippen MR) is 100 cm³/mol. The molecule has 0 fully saturated rings. The molecule has 2 rings (SSSR count). The van der Waals surface area contributed by atoms with Crippen LogP contribution >= 0.6 is 23.0 Å². The fourth-order valence-corrected chi connectivity index (χ4v) is 6.52. The molecule has 2 unspecified atom stereocenters. The molecule has 10 N–H and O–H groups in total. The Kier molecular flexibility index (Phi) is 7.39. The van der Waals surface area contributed by atoms with Gasteiger partial charge in [-0.25, -0.2) is 13.9 Å². The van der Waals surface area contributed by atoms with Crippen molar-refractivity contribution in [3.05, 3.63) is 10.4 Å². The average Bonchev–Trinajstić information content (AvgIpc) is 2.55. The molecule has 0 spiro atoms. The van der Waals surface area contributed by atoms with E-state index < -0.39 is 53.3 Å². The first kappa shape index (κ1) is 24.8. The van der Waals surface area contributed by atoms with Crippen LogP contribution < -0.4 is 16.6 Å². The van der Waals surface area contributed by atoms with Gasteiger partial charge in [-0.2, -0.15) is 4.98 Å². The SMILES string of the molecule is Nc1nc2c(c(=O)[nH]1)N=C([C@H](O)[C@H](O)COP(=O)(O)OP(=O)(O)CP(=O)(O)O)CN2. The Morgan fingerprint density at radius 3 is 2.40 bits per heavy atom. The lowest BCUT2D eigenvalue weighted by Gasteiger charge is -2.24. The summed E-state index contributed by atoms with van der Waals surface area (Å²) in [6.07, 6.45) is -3.74. The van der Waals surface area contributed by atoms with Gasteiger partial charge in [-0.3, -0.25) is 23.4 Å². The zero-order valence-electron chi connectivity index (χ0n) is 14.7. The number of aromatic nitrogens is 2. The molecule has 0 bridgehead atoms. The van der Waals surface area contributed by atoms with E-state index in [-0.39, 0.29) is 29.7 Å². The number of H-pyrrole nitrogens is 1. The van der Waals surface area contributed by atoms with Crippen LogP contribution in [-0.4, -0.2) is 76.7 Å². The standard InChI is InChI=1S/C10H18N5O12P3/c11-10-14-8-6(9(18)15-10)13-4(1-12-8)7(17)5(16)2-26-30(24,25)27-29(22,23)3-28(19,20)21/h5,7,16-17H,1-3H2,(H,22,23)(H,24,25)(H2,19,20,21)(H4,11,12,14,15,18)/t5-,7+/m1/s1. The fourth-order valence-electron chi connectivity index (χ4n) is 2.17. The number of aliphatic hydroxyl groups excluding tert-OH is 2. The van der Waals surface area contributed by atoms with Gasteiger partial charge in [-0.05, 0) is 0 Å². The lowest BCUT2D eigenvalue weighted by Crippen LogP contribution is -2.41. The van der Waals surface area contributed by atoms with Gasteiger partial charge in [0.05, 0.1) is 18.9 Å². The van der Waals surface area contributed by atoms with E-state index in [2.05, 4.69) is 29.1 Å². The van der Waals surface area contributed by atoms with E-state index in [0.29, 0.717) is 0 Å². The minimum atomic E-state index is -5.36. The lowest BCUT2D eigenvalue weighted by atomic mass is 10.1. The number of nitrogen functional groups attached to an aromatic ring is 1. The van der Waals surface area contributed by atoms with Crippen LogP contribution in [0.5, 0.6) is 0 Å². The molecule has 0 aliphatic carbocycles. The van der Waals surface area contributed by atoms with Crippen LogP contribution in [0, 0.1) is 0 Å². The van der Waals surface area contributed by atoms with Gasteiger partial charge in [-0.15, -0.1) is 0 Å². The topological polar surface area (TPSA) is 287 Å². The van der Waals surface area contributed by atoms with Crippen molar-refractivity contribution >= 4 is 46.2 Å². The molecule has 1 aliphatic rings. The summed E-state index contributed by atoms with van der Waals surface area (Å²) in [5.74, 6) is -1.90. The molecule has 0 saturated carbocycles. The molecule has 17 nitrogen and oxygen atoms in total. The molecular weight excluding hydrogens is 475 g/mol. The Hall–Kier alpha value is -1.48. The minimum Gasteiger partial charge on any atom is -0.388 e. The number of phosphoric ester groups is 1. The first-order valence-corrected chi connectivity index (χ1v) is 12.8. The van der Waals surface area contributed by atoms with Gasteiger partial charge in [0.1, 0.15) is 12.2 Å². The number of phosphoric acid groups is 1. The summed E-state index contributed by atoms with van der Waals surface area (Å²) < 4.78 is 42.0. The largest absolute Gasteiger partial charge is 0.479 e. The number of nitrogens with two attached hydrogens (primary N) is 1. The summed E-state index contributed by atoms with van der Waals surface area (Å²) in [6.45, 7) is -1.31. The molecule has 170 valence electrons. The highest BCUT2D eigenvalue weighted by atomic mass is 31.3. The third kappa shape index (κ3) is 7.04. The predicted octanol–water partition coefficient (Wildman–Crippen LogP) is -1.97. The Morgan fingerprint density at radius 2 is 1.80 bits per heavy atom. The van der Waals surface area contributed by atoms with Gasteiger partial charge in [0.25, 0.3) is 5.56 Å². The van der Waals surface area contributed by atoms with E-state index in [0.717, 1.165) is 0 Å². The van der Waals surface area contributed by atoms with Crippen LogP contribution in [0.15, 0.2) is 9.79 Å². The van der Waals surface area contributed by atoms with Crippen molar-refractivity contribution < 1.29 is 52.3 Å². The summed E-state index contributed by atoms with van der Waals surface area (Å²) in [5, 5.41) is 22.7. The zero-order chi connectivity index (χ0) is 22.9. The molecule has 20 heteroatoms. The molecule has 0 amide bonds. The first-order valence-electron chi connectivity index (χ1n) is 7.71. The molecule has 1 aromatic heterocycles. The maximum absolute atomic E-state index is 11.8. The van der Waals surface area contributed by atoms with Crippen molar-refractivity contribution in [1.29, 1.82) is 0 Å². The van der Waals surface area contributed by atoms with Gasteiger partial charge < -0.3 is 40.8 Å². The maximum atomic E-state index is 11.8. The van der Waals surface area contributed by atoms with Crippen molar-refractivity contribution in [2.45, 2.75) is 12.2 Å². The van der Waals surface area contributed by atoms with E-state index in [4.69, 9.17) is 15.5 Å². The summed E-state index contributed by atoms with van der Waals surface area (Å²) in [7, 11) is -15.6. The second-order valence-electron chi connectivity index (χ2n) is 5.91. The van der Waals surface area contributed by atoms with Crippen LogP contribution in [0.2, 0.25) is 0 Å². The van der Waals surface area contributed by atoms with E-state index in [1.54, 1.807) is 0 Å². The van der Waals surface area contributed by atoms with Crippen molar-refractivity contribution in [3.8, 4) is 0 Å². The summed E-state index contributed by atoms with van der Waals surface area (Å²) in [6, 6.07) is 0. The summed E-state index contributed by atoms with van der Waals surface area (Å²) in [5.41, 5.74) is 4.22. The summed E-state index contributed by atoms with van der Waals surface area (Å²) in [4.78, 5) is 57.6. The van der Waals surface area contributed by atoms with Gasteiger partial charge in [0.15, 0.2) is 17.4 Å². The Morgan fingerprint density at radius 1 is 1.17 bits per heavy atom. The lowest BCUT2D eigenvalue weighted by molar-refractivity contribution is 0.0173. The maximum Gasteiger partial charge on any atom is 0.479 e. The number of aliphatic hydroxyl groups is 2. The molecule has 0 radical (unpaired) electrons. The van der Waals surface area contributed by atoms with Crippen molar-refractivity contribution in [2.75, 3.05) is 30.1 Å². The molecule has 30 heavy (non-hydrogen) atoms. The molecule has 2 heterocycles. The van der Waals surface area contributed by atoms with Gasteiger partial charge in [-0.1, -0.05) is 0 Å². The highest BCUT2D eigenvalue weighted by Crippen LogP contribution is 2.64. The fraction of sp³-hybridized carbons (Fsp3) is 0.500. The molecular formula is C10H18N5O12P3. The van der Waals surface area contributed by atoms with Crippen LogP contribution in [-0.2, 0) is 22.5 Å². The number of anilines is 2. The van der Waals surface area contributed by atoms with Gasteiger partial charge in [0, 0.05) is 0 Å². The molecule has 4 atom stereocenters. The minimum absolute atomic E-state index is 0.0231. The van der Waals surface area contributed by atoms with Crippen molar-refractivity contribution in [1.82, 2.24) is 9.97 Å². The Bertz CT molecular complexity index is 1040. The first-order chi connectivity index (χ1) is 13.6. The van der Waals surface area contributed by atoms with Crippen molar-refractivity contribution in [3.63, 3.8) is 0 Å². The van der Waals surface area contributed by atoms with Gasteiger partial charge in [0.2, 0.25) is 5.95 Å². The molecule has 1 aromatic rings. The zero-order valence-corrected chi connectivity index (χ0v) is 17.4. The van der Waals surface area contributed by atoms with E-state index in [1.807, 2.05) is 0 Å². The molecule has 1 aliphatic heterocycles. The van der Waals surface area contributed by atoms with E-state index in [9.17, 15) is 38.5 Å². The third-order valence-electron chi connectivity index (χ3n) is 3.31. The molecule has 0 saturated heterocycles. The number of aliphatic imine (C=N–C) groups is 1. The van der Waals surface area contributed by atoms with Crippen molar-refractivity contribution in [2.24, 2.45) is 4.99 Å². The smallest absolute Gasteiger partial charge is 0.388 e. The van der Waals surface area contributed by atoms with Crippen LogP contribution in [0.25, 0.3) is 0 Å². The number of hydrogen-bond donors (Lipinski definition) is 9. The number of fused-ring (bicyclic) bond motifs is 1. The summed E-state index contributed by atoms with van der Waals surface area (Å²) >= 11 is 0. The second kappa shape index (κ2) is 8.94.